The molecule has 100 valence electrons. The number of carbonyl (C=O) groups is 1. The molecule has 3 N–H and O–H groups in total. The van der Waals surface area contributed by atoms with E-state index < -0.39 is 0 Å². The van der Waals surface area contributed by atoms with Gasteiger partial charge in [-0.15, -0.1) is 0 Å². The Morgan fingerprint density at radius 3 is 2.71 bits per heavy atom. The normalized spacial score (nSPS) is 29.1. The molecular weight excluding hydrogens is 216 g/mol. The largest absolute Gasteiger partial charge is 0.396 e. The number of hydrogen-bond donors (Lipinski definition) is 2. The maximum Gasteiger partial charge on any atom is 0.227 e. The van der Waals surface area contributed by atoms with Crippen LogP contribution in [0.2, 0.25) is 0 Å². The zero-order valence-electron chi connectivity index (χ0n) is 11.1. The van der Waals surface area contributed by atoms with Crippen molar-refractivity contribution >= 4 is 5.91 Å². The van der Waals surface area contributed by atoms with Crippen LogP contribution in [0.15, 0.2) is 0 Å². The van der Waals surface area contributed by atoms with Gasteiger partial charge in [0.15, 0.2) is 0 Å². The van der Waals surface area contributed by atoms with Gasteiger partial charge in [-0.1, -0.05) is 13.3 Å². The lowest BCUT2D eigenvalue weighted by atomic mass is 9.76. The first-order valence-electron chi connectivity index (χ1n) is 6.77. The van der Waals surface area contributed by atoms with Gasteiger partial charge in [0.2, 0.25) is 5.91 Å². The van der Waals surface area contributed by atoms with Crippen molar-refractivity contribution in [2.24, 2.45) is 17.6 Å². The molecule has 1 aliphatic rings. The first-order chi connectivity index (χ1) is 8.11. The highest BCUT2D eigenvalue weighted by Gasteiger charge is 2.35. The molecule has 17 heavy (non-hydrogen) atoms. The summed E-state index contributed by atoms with van der Waals surface area (Å²) in [6.07, 6.45) is 3.84. The van der Waals surface area contributed by atoms with Crippen molar-refractivity contribution in [3.05, 3.63) is 0 Å². The lowest BCUT2D eigenvalue weighted by molar-refractivity contribution is -0.138. The number of nitrogens with zero attached hydrogens (tertiary/aromatic N) is 1. The predicted molar refractivity (Wildman–Crippen MR) is 68.4 cm³/mol. The third-order valence-electron chi connectivity index (χ3n) is 3.84. The molecule has 1 amide bonds. The van der Waals surface area contributed by atoms with Crippen LogP contribution in [0.5, 0.6) is 0 Å². The highest BCUT2D eigenvalue weighted by Crippen LogP contribution is 2.30. The lowest BCUT2D eigenvalue weighted by Crippen LogP contribution is -2.49. The Morgan fingerprint density at radius 1 is 1.47 bits per heavy atom. The maximum atomic E-state index is 12.4. The molecule has 3 unspecified atom stereocenters. The first-order valence-corrected chi connectivity index (χ1v) is 6.77. The van der Waals surface area contributed by atoms with Crippen LogP contribution in [0.4, 0.5) is 0 Å². The van der Waals surface area contributed by atoms with Crippen LogP contribution in [-0.4, -0.2) is 41.7 Å². The molecule has 4 nitrogen and oxygen atoms in total. The molecule has 0 aromatic heterocycles. The fourth-order valence-corrected chi connectivity index (χ4v) is 2.78. The average Bonchev–Trinajstić information content (AvgIpc) is 2.30. The zero-order valence-corrected chi connectivity index (χ0v) is 11.1. The fourth-order valence-electron chi connectivity index (χ4n) is 2.78. The first kappa shape index (κ1) is 14.5. The van der Waals surface area contributed by atoms with Crippen molar-refractivity contribution in [3.8, 4) is 0 Å². The van der Waals surface area contributed by atoms with Crippen molar-refractivity contribution in [2.75, 3.05) is 19.7 Å². The van der Waals surface area contributed by atoms with Crippen LogP contribution in [0.25, 0.3) is 0 Å². The molecule has 1 fully saturated rings. The summed E-state index contributed by atoms with van der Waals surface area (Å²) in [6.45, 7) is 5.59. The second-order valence-electron chi connectivity index (χ2n) is 5.09. The van der Waals surface area contributed by atoms with E-state index in [0.29, 0.717) is 25.4 Å². The van der Waals surface area contributed by atoms with Crippen molar-refractivity contribution in [1.82, 2.24) is 4.90 Å². The molecule has 0 bridgehead atoms. The number of carbonyl (C=O) groups excluding carboxylic acids is 1. The van der Waals surface area contributed by atoms with Gasteiger partial charge in [0.25, 0.3) is 0 Å². The standard InChI is InChI=1S/C13H26N2O2/c1-3-15(8-5-9-16)13(17)12-10(2)6-4-7-11(12)14/h10-12,16H,3-9,14H2,1-2H3. The molecule has 0 heterocycles. The van der Waals surface area contributed by atoms with Crippen molar-refractivity contribution in [2.45, 2.75) is 45.6 Å². The summed E-state index contributed by atoms with van der Waals surface area (Å²) in [4.78, 5) is 14.3. The summed E-state index contributed by atoms with van der Waals surface area (Å²) < 4.78 is 0. The van der Waals surface area contributed by atoms with E-state index >= 15 is 0 Å². The summed E-state index contributed by atoms with van der Waals surface area (Å²) in [5.74, 6) is 0.539. The Balaban J connectivity index is 2.64. The van der Waals surface area contributed by atoms with Crippen LogP contribution >= 0.6 is 0 Å². The van der Waals surface area contributed by atoms with Crippen LogP contribution in [0.3, 0.4) is 0 Å². The third kappa shape index (κ3) is 3.68. The van der Waals surface area contributed by atoms with Crippen LogP contribution in [0.1, 0.15) is 39.5 Å². The van der Waals surface area contributed by atoms with Gasteiger partial charge in [-0.25, -0.2) is 0 Å². The summed E-state index contributed by atoms with van der Waals surface area (Å²) in [5, 5.41) is 8.84. The number of aliphatic hydroxyl groups is 1. The predicted octanol–water partition coefficient (Wildman–Crippen LogP) is 0.981. The van der Waals surface area contributed by atoms with Gasteiger partial charge < -0.3 is 15.7 Å². The summed E-state index contributed by atoms with van der Waals surface area (Å²) in [7, 11) is 0. The van der Waals surface area contributed by atoms with E-state index in [0.717, 1.165) is 19.3 Å². The molecule has 1 aliphatic carbocycles. The van der Waals surface area contributed by atoms with E-state index in [9.17, 15) is 4.79 Å². The van der Waals surface area contributed by atoms with E-state index in [2.05, 4.69) is 6.92 Å². The van der Waals surface area contributed by atoms with E-state index in [1.165, 1.54) is 0 Å². The lowest BCUT2D eigenvalue weighted by Gasteiger charge is -2.36. The molecule has 0 aromatic carbocycles. The molecular formula is C13H26N2O2. The minimum atomic E-state index is -0.0256. The molecule has 3 atom stereocenters. The molecule has 1 rings (SSSR count). The smallest absolute Gasteiger partial charge is 0.227 e. The quantitative estimate of drug-likeness (QED) is 0.755. The second kappa shape index (κ2) is 6.97. The Kier molecular flexibility index (Phi) is 5.92. The number of nitrogens with two attached hydrogens (primary N) is 1. The SMILES string of the molecule is CCN(CCCO)C(=O)C1C(C)CCCC1N. The van der Waals surface area contributed by atoms with E-state index in [1.807, 2.05) is 11.8 Å². The summed E-state index contributed by atoms with van der Waals surface area (Å²) in [5.41, 5.74) is 6.09. The maximum absolute atomic E-state index is 12.4. The number of aliphatic hydroxyl groups excluding tert-OH is 1. The van der Waals surface area contributed by atoms with Crippen molar-refractivity contribution < 1.29 is 9.90 Å². The number of rotatable bonds is 5. The number of hydrogen-bond acceptors (Lipinski definition) is 3. The van der Waals surface area contributed by atoms with Crippen LogP contribution in [-0.2, 0) is 4.79 Å². The highest BCUT2D eigenvalue weighted by molar-refractivity contribution is 5.80. The molecule has 0 aromatic rings. The minimum Gasteiger partial charge on any atom is -0.396 e. The minimum absolute atomic E-state index is 0.00873. The number of amides is 1. The summed E-state index contributed by atoms with van der Waals surface area (Å²) >= 11 is 0. The Bertz CT molecular complexity index is 236. The molecule has 0 spiro atoms. The van der Waals surface area contributed by atoms with Crippen LogP contribution < -0.4 is 5.73 Å². The second-order valence-corrected chi connectivity index (χ2v) is 5.09. The van der Waals surface area contributed by atoms with E-state index in [1.54, 1.807) is 0 Å². The van der Waals surface area contributed by atoms with Gasteiger partial charge in [0.05, 0.1) is 5.92 Å². The topological polar surface area (TPSA) is 66.6 Å². The Labute approximate surface area is 104 Å². The summed E-state index contributed by atoms with van der Waals surface area (Å²) in [6, 6.07) is 0.00873. The van der Waals surface area contributed by atoms with Gasteiger partial charge in [0, 0.05) is 25.7 Å². The third-order valence-corrected chi connectivity index (χ3v) is 3.84. The van der Waals surface area contributed by atoms with E-state index in [-0.39, 0.29) is 24.5 Å². The van der Waals surface area contributed by atoms with Crippen LogP contribution in [0, 0.1) is 11.8 Å². The Morgan fingerprint density at radius 2 is 2.18 bits per heavy atom. The molecule has 0 radical (unpaired) electrons. The van der Waals surface area contributed by atoms with Gasteiger partial charge >= 0.3 is 0 Å². The fraction of sp³-hybridized carbons (Fsp3) is 0.923. The van der Waals surface area contributed by atoms with Gasteiger partial charge in [-0.3, -0.25) is 4.79 Å². The van der Waals surface area contributed by atoms with E-state index in [4.69, 9.17) is 10.8 Å². The zero-order chi connectivity index (χ0) is 12.8. The Hall–Kier alpha value is -0.610. The highest BCUT2D eigenvalue weighted by atomic mass is 16.3. The average molecular weight is 242 g/mol. The van der Waals surface area contributed by atoms with Crippen molar-refractivity contribution in [1.29, 1.82) is 0 Å². The molecule has 0 saturated heterocycles. The van der Waals surface area contributed by atoms with Gasteiger partial charge in [-0.2, -0.15) is 0 Å². The molecule has 0 aliphatic heterocycles. The molecule has 4 heteroatoms. The monoisotopic (exact) mass is 242 g/mol. The van der Waals surface area contributed by atoms with Gasteiger partial charge in [0.1, 0.15) is 0 Å². The van der Waals surface area contributed by atoms with Gasteiger partial charge in [-0.05, 0) is 32.1 Å². The van der Waals surface area contributed by atoms with Crippen molar-refractivity contribution in [3.63, 3.8) is 0 Å². The molecule has 1 saturated carbocycles.